The van der Waals surface area contributed by atoms with Crippen LogP contribution in [0.4, 0.5) is 11.4 Å². The average Bonchev–Trinajstić information content (AvgIpc) is 3.01. The smallest absolute Gasteiger partial charge is 0.233 e. The quantitative estimate of drug-likeness (QED) is 0.640. The summed E-state index contributed by atoms with van der Waals surface area (Å²) in [5.74, 6) is -0.555. The van der Waals surface area contributed by atoms with E-state index in [1.807, 2.05) is 0 Å². The Morgan fingerprint density at radius 3 is 2.35 bits per heavy atom. The number of carbonyl (C=O) groups excluding carboxylic acids is 3. The van der Waals surface area contributed by atoms with Crippen LogP contribution in [-0.2, 0) is 9.59 Å². The third-order valence-electron chi connectivity index (χ3n) is 4.00. The fraction of sp³-hybridized carbons (Fsp3) is 0.400. The maximum Gasteiger partial charge on any atom is 0.233 e. The van der Waals surface area contributed by atoms with Gasteiger partial charge in [0, 0.05) is 11.5 Å². The number of anilines is 2. The van der Waals surface area contributed by atoms with E-state index < -0.39 is 0 Å². The molecule has 2 N–H and O–H groups in total. The largest absolute Gasteiger partial charge is 0.324 e. The molecule has 1 unspecified atom stereocenters. The lowest BCUT2D eigenvalue weighted by Crippen LogP contribution is -2.16. The number of carbonyl (C=O) groups is 3. The van der Waals surface area contributed by atoms with E-state index in [9.17, 15) is 14.4 Å². The molecule has 5 heteroatoms. The van der Waals surface area contributed by atoms with Crippen LogP contribution in [0.25, 0.3) is 0 Å². The minimum atomic E-state index is -0.363. The number of fused-ring (bicyclic) bond motifs is 1. The fourth-order valence-corrected chi connectivity index (χ4v) is 2.56. The summed E-state index contributed by atoms with van der Waals surface area (Å²) >= 11 is 0. The van der Waals surface area contributed by atoms with Crippen LogP contribution in [0.3, 0.4) is 0 Å². The van der Waals surface area contributed by atoms with Crippen molar-refractivity contribution >= 4 is 29.0 Å². The molecule has 1 aliphatic carbocycles. The second-order valence-electron chi connectivity index (χ2n) is 6.14. The number of amides is 2. The first kappa shape index (κ1) is 12.8. The zero-order valence-corrected chi connectivity index (χ0v) is 11.4. The molecule has 5 nitrogen and oxygen atoms in total. The molecule has 1 aliphatic heterocycles. The lowest BCUT2D eigenvalue weighted by molar-refractivity contribution is -0.123. The van der Waals surface area contributed by atoms with Crippen molar-refractivity contribution in [3.8, 4) is 0 Å². The molecule has 1 heterocycles. The Labute approximate surface area is 116 Å². The molecule has 3 rings (SSSR count). The Morgan fingerprint density at radius 1 is 1.15 bits per heavy atom. The van der Waals surface area contributed by atoms with Gasteiger partial charge >= 0.3 is 0 Å². The Balaban J connectivity index is 1.91. The summed E-state index contributed by atoms with van der Waals surface area (Å²) in [6.45, 7) is 4.14. The molecular formula is C15H16N2O3. The molecule has 0 bridgehead atoms. The van der Waals surface area contributed by atoms with Gasteiger partial charge in [-0.2, -0.15) is 0 Å². The van der Waals surface area contributed by atoms with Gasteiger partial charge in [-0.25, -0.2) is 0 Å². The molecule has 1 fully saturated rings. The van der Waals surface area contributed by atoms with Crippen molar-refractivity contribution in [3.05, 3.63) is 23.8 Å². The van der Waals surface area contributed by atoms with E-state index in [0.717, 1.165) is 6.42 Å². The SMILES string of the molecule is CC1(C)CC1C(=O)c1ccc2c(c1)NC(=O)CC(=O)N2. The van der Waals surface area contributed by atoms with Crippen LogP contribution in [0, 0.1) is 11.3 Å². The third-order valence-corrected chi connectivity index (χ3v) is 4.00. The molecule has 0 spiro atoms. The van der Waals surface area contributed by atoms with Crippen LogP contribution in [-0.4, -0.2) is 17.6 Å². The van der Waals surface area contributed by atoms with Crippen molar-refractivity contribution in [2.45, 2.75) is 26.7 Å². The van der Waals surface area contributed by atoms with Crippen molar-refractivity contribution in [2.24, 2.45) is 11.3 Å². The van der Waals surface area contributed by atoms with Crippen molar-refractivity contribution in [1.82, 2.24) is 0 Å². The van der Waals surface area contributed by atoms with E-state index in [4.69, 9.17) is 0 Å². The fourth-order valence-electron chi connectivity index (χ4n) is 2.56. The lowest BCUT2D eigenvalue weighted by Gasteiger charge is -2.09. The zero-order chi connectivity index (χ0) is 14.5. The van der Waals surface area contributed by atoms with Gasteiger partial charge in [-0.05, 0) is 30.0 Å². The molecule has 1 saturated carbocycles. The second-order valence-corrected chi connectivity index (χ2v) is 6.14. The normalized spacial score (nSPS) is 23.2. The molecule has 1 atom stereocenters. The van der Waals surface area contributed by atoms with Gasteiger partial charge in [0.05, 0.1) is 11.4 Å². The molecule has 0 saturated heterocycles. The summed E-state index contributed by atoms with van der Waals surface area (Å²) in [4.78, 5) is 35.3. The minimum absolute atomic E-state index is 0.0524. The number of ketones is 1. The highest BCUT2D eigenvalue weighted by atomic mass is 16.2. The summed E-state index contributed by atoms with van der Waals surface area (Å²) in [5.41, 5.74) is 1.68. The molecule has 2 amide bonds. The zero-order valence-electron chi connectivity index (χ0n) is 11.4. The molecule has 2 aliphatic rings. The first-order valence-electron chi connectivity index (χ1n) is 6.65. The molecule has 104 valence electrons. The van der Waals surface area contributed by atoms with Crippen LogP contribution in [0.15, 0.2) is 18.2 Å². The van der Waals surface area contributed by atoms with Crippen molar-refractivity contribution in [1.29, 1.82) is 0 Å². The van der Waals surface area contributed by atoms with Gasteiger partial charge < -0.3 is 10.6 Å². The van der Waals surface area contributed by atoms with Crippen LogP contribution >= 0.6 is 0 Å². The molecular weight excluding hydrogens is 256 g/mol. The molecule has 20 heavy (non-hydrogen) atoms. The minimum Gasteiger partial charge on any atom is -0.324 e. The average molecular weight is 272 g/mol. The standard InChI is InChI=1S/C15H16N2O3/c1-15(2)7-9(15)14(20)8-3-4-10-11(5-8)17-13(19)6-12(18)16-10/h3-5,9H,6-7H2,1-2H3,(H,16,18)(H,17,19). The van der Waals surface area contributed by atoms with Crippen molar-refractivity contribution in [2.75, 3.05) is 10.6 Å². The van der Waals surface area contributed by atoms with Gasteiger partial charge in [0.2, 0.25) is 11.8 Å². The topological polar surface area (TPSA) is 75.3 Å². The van der Waals surface area contributed by atoms with Crippen molar-refractivity contribution in [3.63, 3.8) is 0 Å². The van der Waals surface area contributed by atoms with E-state index >= 15 is 0 Å². The number of hydrogen-bond donors (Lipinski definition) is 2. The molecule has 0 aromatic heterocycles. The first-order chi connectivity index (χ1) is 9.37. The van der Waals surface area contributed by atoms with Crippen molar-refractivity contribution < 1.29 is 14.4 Å². The van der Waals surface area contributed by atoms with Crippen LogP contribution in [0.1, 0.15) is 37.0 Å². The van der Waals surface area contributed by atoms with Gasteiger partial charge in [-0.1, -0.05) is 13.8 Å². The van der Waals surface area contributed by atoms with Gasteiger partial charge in [0.1, 0.15) is 6.42 Å². The first-order valence-corrected chi connectivity index (χ1v) is 6.65. The third kappa shape index (κ3) is 2.19. The second kappa shape index (κ2) is 4.16. The van der Waals surface area contributed by atoms with E-state index in [0.29, 0.717) is 16.9 Å². The maximum atomic E-state index is 12.3. The highest BCUT2D eigenvalue weighted by molar-refractivity contribution is 6.14. The number of Topliss-reactive ketones (excluding diaryl/α,β-unsaturated/α-hetero) is 1. The predicted molar refractivity (Wildman–Crippen MR) is 74.5 cm³/mol. The highest BCUT2D eigenvalue weighted by Gasteiger charge is 2.50. The van der Waals surface area contributed by atoms with Crippen LogP contribution < -0.4 is 10.6 Å². The van der Waals surface area contributed by atoms with Gasteiger partial charge in [0.25, 0.3) is 0 Å². The number of rotatable bonds is 2. The molecule has 1 aromatic rings. The van der Waals surface area contributed by atoms with E-state index in [2.05, 4.69) is 24.5 Å². The summed E-state index contributed by atoms with van der Waals surface area (Å²) < 4.78 is 0. The summed E-state index contributed by atoms with van der Waals surface area (Å²) in [7, 11) is 0. The summed E-state index contributed by atoms with van der Waals surface area (Å²) in [5, 5.41) is 5.30. The predicted octanol–water partition coefficient (Wildman–Crippen LogP) is 2.20. The van der Waals surface area contributed by atoms with Gasteiger partial charge in [-0.15, -0.1) is 0 Å². The Morgan fingerprint density at radius 2 is 1.75 bits per heavy atom. The lowest BCUT2D eigenvalue weighted by atomic mass is 10.0. The number of benzene rings is 1. The maximum absolute atomic E-state index is 12.3. The van der Waals surface area contributed by atoms with E-state index in [1.165, 1.54) is 0 Å². The van der Waals surface area contributed by atoms with E-state index in [1.54, 1.807) is 18.2 Å². The summed E-state index contributed by atoms with van der Waals surface area (Å²) in [6, 6.07) is 5.02. The molecule has 1 aromatic carbocycles. The van der Waals surface area contributed by atoms with Gasteiger partial charge in [0.15, 0.2) is 5.78 Å². The highest BCUT2D eigenvalue weighted by Crippen LogP contribution is 2.53. The Kier molecular flexibility index (Phi) is 2.67. The Bertz CT molecular complexity index is 634. The number of hydrogen-bond acceptors (Lipinski definition) is 3. The van der Waals surface area contributed by atoms with Crippen LogP contribution in [0.5, 0.6) is 0 Å². The van der Waals surface area contributed by atoms with Crippen LogP contribution in [0.2, 0.25) is 0 Å². The van der Waals surface area contributed by atoms with E-state index in [-0.39, 0.29) is 35.4 Å². The monoisotopic (exact) mass is 272 g/mol. The van der Waals surface area contributed by atoms with Gasteiger partial charge in [-0.3, -0.25) is 14.4 Å². The summed E-state index contributed by atoms with van der Waals surface area (Å²) in [6.07, 6.45) is 0.694. The Hall–Kier alpha value is -2.17. The number of nitrogens with one attached hydrogen (secondary N) is 2. The molecule has 0 radical (unpaired) electrons.